The molecule has 2 heterocycles. The molecule has 0 fully saturated rings. The third kappa shape index (κ3) is 6.71. The van der Waals surface area contributed by atoms with Crippen LogP contribution in [0.25, 0.3) is 22.3 Å². The van der Waals surface area contributed by atoms with E-state index in [1.54, 1.807) is 0 Å². The molecular weight excluding hydrogens is 856 g/mol. The van der Waals surface area contributed by atoms with E-state index in [1.807, 2.05) is 0 Å². The average molecular weight is 937 g/mol. The highest BCUT2D eigenvalue weighted by molar-refractivity contribution is 6.93. The fourth-order valence-electron chi connectivity index (χ4n) is 15.0. The molecule has 2 nitrogen and oxygen atoms in total. The van der Waals surface area contributed by atoms with Gasteiger partial charge in [-0.3, -0.25) is 0 Å². The van der Waals surface area contributed by atoms with Crippen LogP contribution in [0, 0.1) is 6.92 Å². The number of unbranched alkanes of at least 4 members (excludes halogenated alkanes) is 1. The molecule has 0 spiro atoms. The topological polar surface area (TPSA) is 6.48 Å². The largest absolute Gasteiger partial charge is 0.376 e. The van der Waals surface area contributed by atoms with E-state index < -0.39 is 0 Å². The van der Waals surface area contributed by atoms with Gasteiger partial charge in [-0.1, -0.05) is 159 Å². The number of rotatable bonds is 5. The number of fused-ring (bicyclic) bond motifs is 10. The van der Waals surface area contributed by atoms with Crippen molar-refractivity contribution in [2.75, 3.05) is 9.71 Å². The van der Waals surface area contributed by atoms with E-state index in [2.05, 4.69) is 211 Å². The summed E-state index contributed by atoms with van der Waals surface area (Å²) in [5.74, 6) is 0. The molecule has 0 saturated heterocycles. The number of hydrogen-bond donors (Lipinski definition) is 0. The predicted molar refractivity (Wildman–Crippen MR) is 307 cm³/mol. The Bertz CT molecular complexity index is 3260. The number of nitrogens with zero attached hydrogens (tertiary/aromatic N) is 2. The van der Waals surface area contributed by atoms with Gasteiger partial charge in [0.15, 0.2) is 0 Å². The third-order valence-corrected chi connectivity index (χ3v) is 20.1. The van der Waals surface area contributed by atoms with E-state index in [0.717, 1.165) is 6.42 Å². The van der Waals surface area contributed by atoms with Gasteiger partial charge in [0.2, 0.25) is 0 Å². The summed E-state index contributed by atoms with van der Waals surface area (Å²) in [4.78, 5) is 5.66. The lowest BCUT2D eigenvalue weighted by Crippen LogP contribution is -2.62. The molecule has 71 heavy (non-hydrogen) atoms. The Hall–Kier alpha value is -5.02. The molecule has 0 atom stereocenters. The highest BCUT2D eigenvalue weighted by Crippen LogP contribution is 2.58. The molecular formula is C68H81BN2. The Morgan fingerprint density at radius 3 is 1.59 bits per heavy atom. The second kappa shape index (κ2) is 15.0. The maximum Gasteiger partial charge on any atom is 0.333 e. The van der Waals surface area contributed by atoms with Crippen molar-refractivity contribution in [3.05, 3.63) is 147 Å². The Morgan fingerprint density at radius 2 is 0.972 bits per heavy atom. The third-order valence-electron chi connectivity index (χ3n) is 20.1. The van der Waals surface area contributed by atoms with Gasteiger partial charge >= 0.3 is 6.85 Å². The summed E-state index contributed by atoms with van der Waals surface area (Å²) in [5.41, 5.74) is 30.4. The van der Waals surface area contributed by atoms with Gasteiger partial charge in [-0.2, -0.15) is 0 Å². The van der Waals surface area contributed by atoms with Gasteiger partial charge in [-0.05, 0) is 216 Å². The smallest absolute Gasteiger partial charge is 0.333 e. The van der Waals surface area contributed by atoms with Gasteiger partial charge in [0.05, 0.1) is 0 Å². The lowest BCUT2D eigenvalue weighted by Gasteiger charge is -2.49. The van der Waals surface area contributed by atoms with Gasteiger partial charge in [-0.15, -0.1) is 0 Å². The Labute approximate surface area is 429 Å². The molecule has 0 bridgehead atoms. The molecule has 6 aromatic carbocycles. The summed E-state index contributed by atoms with van der Waals surface area (Å²) < 4.78 is 0. The number of benzene rings is 6. The van der Waals surface area contributed by atoms with Crippen molar-refractivity contribution in [3.8, 4) is 22.3 Å². The van der Waals surface area contributed by atoms with Crippen molar-refractivity contribution in [2.45, 2.75) is 206 Å². The van der Waals surface area contributed by atoms with Crippen LogP contribution in [0.5, 0.6) is 0 Å². The lowest BCUT2D eigenvalue weighted by atomic mass is 9.42. The van der Waals surface area contributed by atoms with Crippen LogP contribution in [-0.4, -0.2) is 6.85 Å². The minimum absolute atomic E-state index is 0.0519. The second-order valence-corrected chi connectivity index (χ2v) is 28.0. The zero-order valence-electron chi connectivity index (χ0n) is 46.5. The summed E-state index contributed by atoms with van der Waals surface area (Å²) >= 11 is 0. The standard InChI is InChI=1S/C68H81BN2/c1-17-18-21-42-33-47-46-36-53-55(67(13,14)31-29-65(53,9)10)40-58(46)71(43-24-25-49-52(35-43)64(7,8)27-26-62(49,3)4)69-56-37-45-44-22-19-20-23-48(44)68(15,16)50(45)38-59(56)70(60(34-42)61(47)69)57-39-54-51(32-41(57)2)63(5,6)28-30-66(54,11)12/h19-20,22-25,32-40H,17-18,21,26-31H2,1-16H3. The van der Waals surface area contributed by atoms with Crippen LogP contribution in [0.4, 0.5) is 28.4 Å². The Morgan fingerprint density at radius 1 is 0.437 bits per heavy atom. The van der Waals surface area contributed by atoms with Crippen molar-refractivity contribution < 1.29 is 0 Å². The zero-order chi connectivity index (χ0) is 50.3. The lowest BCUT2D eigenvalue weighted by molar-refractivity contribution is 0.332. The van der Waals surface area contributed by atoms with Crippen LogP contribution in [0.15, 0.2) is 91.0 Å². The van der Waals surface area contributed by atoms with E-state index >= 15 is 0 Å². The van der Waals surface area contributed by atoms with Crippen molar-refractivity contribution in [3.63, 3.8) is 0 Å². The molecule has 0 radical (unpaired) electrons. The highest BCUT2D eigenvalue weighted by atomic mass is 15.2. The molecule has 4 aliphatic carbocycles. The molecule has 12 rings (SSSR count). The molecule has 0 N–H and O–H groups in total. The first-order chi connectivity index (χ1) is 33.3. The average Bonchev–Trinajstić information content (AvgIpc) is 3.54. The number of aryl methyl sites for hydroxylation is 2. The van der Waals surface area contributed by atoms with Crippen molar-refractivity contribution in [1.82, 2.24) is 0 Å². The molecule has 6 aromatic rings. The van der Waals surface area contributed by atoms with Crippen LogP contribution < -0.4 is 20.6 Å². The minimum Gasteiger partial charge on any atom is -0.376 e. The molecule has 0 aromatic heterocycles. The fraction of sp³-hybridized carbons (Fsp3) is 0.471. The summed E-state index contributed by atoms with van der Waals surface area (Å²) in [6.07, 6.45) is 10.6. The summed E-state index contributed by atoms with van der Waals surface area (Å²) in [7, 11) is 0. The van der Waals surface area contributed by atoms with Crippen LogP contribution in [-0.2, 0) is 44.3 Å². The van der Waals surface area contributed by atoms with Gasteiger partial charge in [0, 0.05) is 39.4 Å². The number of hydrogen-bond acceptors (Lipinski definition) is 2. The van der Waals surface area contributed by atoms with Gasteiger partial charge < -0.3 is 9.71 Å². The van der Waals surface area contributed by atoms with Crippen molar-refractivity contribution in [1.29, 1.82) is 0 Å². The first-order valence-corrected chi connectivity index (χ1v) is 27.8. The monoisotopic (exact) mass is 937 g/mol. The zero-order valence-corrected chi connectivity index (χ0v) is 46.5. The molecule has 3 heteroatoms. The van der Waals surface area contributed by atoms with Crippen LogP contribution in [0.2, 0.25) is 0 Å². The molecule has 0 saturated carbocycles. The normalized spacial score (nSPS) is 21.2. The van der Waals surface area contributed by atoms with Crippen molar-refractivity contribution in [2.24, 2.45) is 0 Å². The van der Waals surface area contributed by atoms with Crippen molar-refractivity contribution >= 4 is 46.2 Å². The highest BCUT2D eigenvalue weighted by Gasteiger charge is 2.50. The van der Waals surface area contributed by atoms with Crippen LogP contribution >= 0.6 is 0 Å². The van der Waals surface area contributed by atoms with Gasteiger partial charge in [0.1, 0.15) is 0 Å². The quantitative estimate of drug-likeness (QED) is 0.159. The van der Waals surface area contributed by atoms with Gasteiger partial charge in [-0.25, -0.2) is 0 Å². The summed E-state index contributed by atoms with van der Waals surface area (Å²) in [5, 5.41) is 0. The van der Waals surface area contributed by atoms with E-state index in [0.29, 0.717) is 0 Å². The second-order valence-electron chi connectivity index (χ2n) is 28.0. The minimum atomic E-state index is -0.148. The van der Waals surface area contributed by atoms with E-state index in [4.69, 9.17) is 0 Å². The fourth-order valence-corrected chi connectivity index (χ4v) is 15.0. The summed E-state index contributed by atoms with van der Waals surface area (Å²) in [6, 6.07) is 38.4. The molecule has 2 aliphatic heterocycles. The Balaban J connectivity index is 1.24. The van der Waals surface area contributed by atoms with Crippen LogP contribution in [0.1, 0.15) is 211 Å². The van der Waals surface area contributed by atoms with E-state index in [-0.39, 0.29) is 44.8 Å². The molecule has 0 unspecified atom stereocenters. The molecule has 6 aliphatic rings. The predicted octanol–water partition coefficient (Wildman–Crippen LogP) is 17.4. The molecule has 366 valence electrons. The first-order valence-electron chi connectivity index (χ1n) is 27.8. The van der Waals surface area contributed by atoms with E-state index in [9.17, 15) is 0 Å². The van der Waals surface area contributed by atoms with Gasteiger partial charge in [0.25, 0.3) is 0 Å². The van der Waals surface area contributed by atoms with Crippen LogP contribution in [0.3, 0.4) is 0 Å². The first kappa shape index (κ1) is 47.0. The maximum atomic E-state index is 2.86. The Kier molecular flexibility index (Phi) is 9.96. The number of anilines is 5. The summed E-state index contributed by atoms with van der Waals surface area (Å²) in [6.45, 7) is 39.6. The molecule has 0 amide bonds. The SMILES string of the molecule is CCCCc1cc2c3c(c1)N(c1cc4c(cc1C)C(C)(C)CCC4(C)C)c1cc4c(cc1B3N(c1ccc3c(c1)C(C)(C)CCC3(C)C)c1cc3c(cc1-2)C(C)(C)CCC3(C)C)-c1ccccc1C4(C)C. The van der Waals surface area contributed by atoms with E-state index in [1.165, 1.54) is 169 Å². The maximum absolute atomic E-state index is 2.86.